The maximum atomic E-state index is 12.4. The Kier molecular flexibility index (Phi) is 5.54. The molecule has 0 radical (unpaired) electrons. The van der Waals surface area contributed by atoms with Gasteiger partial charge in [0, 0.05) is 24.2 Å². The number of rotatable bonds is 6. The van der Waals surface area contributed by atoms with Crippen LogP contribution in [0.5, 0.6) is 5.75 Å². The minimum Gasteiger partial charge on any atom is -0.489 e. The maximum absolute atomic E-state index is 12.4. The molecule has 0 aromatic heterocycles. The second-order valence-electron chi connectivity index (χ2n) is 5.20. The molecule has 0 saturated carbocycles. The SMILES string of the molecule is NC/C(=C/F)COc1ccc2c(c1)CCN(CP(=O)(O)O)C2=O. The van der Waals surface area contributed by atoms with Crippen LogP contribution in [0.15, 0.2) is 30.1 Å². The Morgan fingerprint density at radius 1 is 1.48 bits per heavy atom. The van der Waals surface area contributed by atoms with E-state index in [0.717, 1.165) is 10.5 Å². The predicted octanol–water partition coefficient (Wildman–Crippen LogP) is 1.01. The van der Waals surface area contributed by atoms with Crippen molar-refractivity contribution in [2.75, 3.05) is 26.0 Å². The van der Waals surface area contributed by atoms with Gasteiger partial charge in [0.05, 0.1) is 6.33 Å². The maximum Gasteiger partial charge on any atom is 0.344 e. The Hall–Kier alpha value is -1.73. The molecular formula is C14H18FN2O5P. The molecule has 126 valence electrons. The van der Waals surface area contributed by atoms with Gasteiger partial charge in [0.25, 0.3) is 5.91 Å². The number of carbonyl (C=O) groups is 1. The lowest BCUT2D eigenvalue weighted by Gasteiger charge is -2.28. The van der Waals surface area contributed by atoms with E-state index in [0.29, 0.717) is 29.6 Å². The Bertz CT molecular complexity index is 673. The molecular weight excluding hydrogens is 326 g/mol. The van der Waals surface area contributed by atoms with Gasteiger partial charge in [-0.25, -0.2) is 4.39 Å². The molecule has 0 unspecified atom stereocenters. The predicted molar refractivity (Wildman–Crippen MR) is 81.8 cm³/mol. The fourth-order valence-corrected chi connectivity index (χ4v) is 2.99. The third-order valence-corrected chi connectivity index (χ3v) is 4.15. The number of hydrogen-bond acceptors (Lipinski definition) is 4. The van der Waals surface area contributed by atoms with E-state index in [-0.39, 0.29) is 19.7 Å². The molecule has 1 aromatic rings. The molecule has 4 N–H and O–H groups in total. The van der Waals surface area contributed by atoms with E-state index in [9.17, 15) is 13.8 Å². The number of halogens is 1. The summed E-state index contributed by atoms with van der Waals surface area (Å²) in [6.45, 7) is 0.292. The highest BCUT2D eigenvalue weighted by molar-refractivity contribution is 7.51. The van der Waals surface area contributed by atoms with Crippen molar-refractivity contribution in [3.05, 3.63) is 41.2 Å². The number of ether oxygens (including phenoxy) is 1. The zero-order valence-corrected chi connectivity index (χ0v) is 13.2. The Morgan fingerprint density at radius 3 is 2.83 bits per heavy atom. The molecule has 7 nitrogen and oxygen atoms in total. The standard InChI is InChI=1S/C14H18FN2O5P/c15-6-10(7-16)8-22-12-1-2-13-11(5-12)3-4-17(14(13)18)9-23(19,20)21/h1-2,5-6H,3-4,7-9,16H2,(H2,19,20,21)/b10-6-. The van der Waals surface area contributed by atoms with Crippen LogP contribution < -0.4 is 10.5 Å². The second-order valence-corrected chi connectivity index (χ2v) is 6.82. The lowest BCUT2D eigenvalue weighted by molar-refractivity contribution is 0.0757. The fraction of sp³-hybridized carbons (Fsp3) is 0.357. The van der Waals surface area contributed by atoms with Gasteiger partial charge in [-0.05, 0) is 30.2 Å². The van der Waals surface area contributed by atoms with E-state index in [1.165, 1.54) is 0 Å². The van der Waals surface area contributed by atoms with Crippen molar-refractivity contribution in [1.82, 2.24) is 4.90 Å². The monoisotopic (exact) mass is 344 g/mol. The van der Waals surface area contributed by atoms with Gasteiger partial charge < -0.3 is 25.2 Å². The summed E-state index contributed by atoms with van der Waals surface area (Å²) >= 11 is 0. The van der Waals surface area contributed by atoms with Gasteiger partial charge >= 0.3 is 7.60 Å². The first kappa shape index (κ1) is 17.6. The molecule has 0 spiro atoms. The van der Waals surface area contributed by atoms with Crippen LogP contribution >= 0.6 is 7.60 Å². The number of hydrogen-bond donors (Lipinski definition) is 3. The van der Waals surface area contributed by atoms with Crippen molar-refractivity contribution < 1.29 is 28.3 Å². The van der Waals surface area contributed by atoms with E-state index < -0.39 is 19.8 Å². The topological polar surface area (TPSA) is 113 Å². The van der Waals surface area contributed by atoms with Crippen molar-refractivity contribution in [1.29, 1.82) is 0 Å². The van der Waals surface area contributed by atoms with Crippen molar-refractivity contribution in [3.8, 4) is 5.75 Å². The molecule has 1 heterocycles. The number of amides is 1. The molecule has 1 aliphatic rings. The van der Waals surface area contributed by atoms with Crippen molar-refractivity contribution in [2.45, 2.75) is 6.42 Å². The third-order valence-electron chi connectivity index (χ3n) is 3.44. The van der Waals surface area contributed by atoms with Crippen LogP contribution in [0.25, 0.3) is 0 Å². The normalized spacial score (nSPS) is 15.6. The molecule has 1 amide bonds. The fourth-order valence-electron chi connectivity index (χ4n) is 2.27. The van der Waals surface area contributed by atoms with Crippen LogP contribution in [0.3, 0.4) is 0 Å². The molecule has 1 aromatic carbocycles. The Balaban J connectivity index is 2.11. The quantitative estimate of drug-likeness (QED) is 0.664. The molecule has 23 heavy (non-hydrogen) atoms. The largest absolute Gasteiger partial charge is 0.489 e. The molecule has 0 atom stereocenters. The van der Waals surface area contributed by atoms with Gasteiger partial charge in [-0.2, -0.15) is 0 Å². The number of fused-ring (bicyclic) bond motifs is 1. The lowest BCUT2D eigenvalue weighted by atomic mass is 9.99. The van der Waals surface area contributed by atoms with Crippen LogP contribution in [0.2, 0.25) is 0 Å². The van der Waals surface area contributed by atoms with E-state index >= 15 is 0 Å². The highest BCUT2D eigenvalue weighted by atomic mass is 31.2. The Morgan fingerprint density at radius 2 is 2.22 bits per heavy atom. The molecule has 2 rings (SSSR count). The number of nitrogens with zero attached hydrogens (tertiary/aromatic N) is 1. The zero-order chi connectivity index (χ0) is 17.0. The van der Waals surface area contributed by atoms with Crippen LogP contribution in [0.4, 0.5) is 4.39 Å². The highest BCUT2D eigenvalue weighted by Gasteiger charge is 2.29. The average Bonchev–Trinajstić information content (AvgIpc) is 2.50. The summed E-state index contributed by atoms with van der Waals surface area (Å²) in [6.07, 6.45) is 0.271. The summed E-state index contributed by atoms with van der Waals surface area (Å²) in [4.78, 5) is 31.4. The molecule has 0 bridgehead atoms. The summed E-state index contributed by atoms with van der Waals surface area (Å²) in [5.74, 6) is 0.0558. The average molecular weight is 344 g/mol. The van der Waals surface area contributed by atoms with Gasteiger partial charge in [-0.1, -0.05) is 0 Å². The number of carbonyl (C=O) groups excluding carboxylic acids is 1. The first-order valence-electron chi connectivity index (χ1n) is 6.92. The first-order valence-corrected chi connectivity index (χ1v) is 8.71. The van der Waals surface area contributed by atoms with Gasteiger partial charge in [0.2, 0.25) is 0 Å². The second kappa shape index (κ2) is 7.23. The summed E-state index contributed by atoms with van der Waals surface area (Å²) in [5.41, 5.74) is 6.77. The van der Waals surface area contributed by atoms with Gasteiger partial charge in [0.15, 0.2) is 0 Å². The smallest absolute Gasteiger partial charge is 0.344 e. The first-order chi connectivity index (χ1) is 10.8. The van der Waals surface area contributed by atoms with Gasteiger partial charge in [-0.15, -0.1) is 0 Å². The van der Waals surface area contributed by atoms with Crippen molar-refractivity contribution in [2.24, 2.45) is 5.73 Å². The van der Waals surface area contributed by atoms with Gasteiger partial charge in [-0.3, -0.25) is 9.36 Å². The molecule has 0 aliphatic carbocycles. The molecule has 0 saturated heterocycles. The Labute approximate surface area is 132 Å². The third kappa shape index (κ3) is 4.62. The van der Waals surface area contributed by atoms with Crippen molar-refractivity contribution in [3.63, 3.8) is 0 Å². The lowest BCUT2D eigenvalue weighted by Crippen LogP contribution is -2.38. The molecule has 9 heteroatoms. The minimum atomic E-state index is -4.30. The van der Waals surface area contributed by atoms with E-state index in [2.05, 4.69) is 0 Å². The van der Waals surface area contributed by atoms with Crippen LogP contribution in [-0.4, -0.2) is 46.6 Å². The molecule has 1 aliphatic heterocycles. The summed E-state index contributed by atoms with van der Waals surface area (Å²) in [6, 6.07) is 4.78. The van der Waals surface area contributed by atoms with E-state index in [1.807, 2.05) is 0 Å². The minimum absolute atomic E-state index is 0.0179. The van der Waals surface area contributed by atoms with Gasteiger partial charge in [0.1, 0.15) is 18.6 Å². The summed E-state index contributed by atoms with van der Waals surface area (Å²) < 4.78 is 28.9. The number of nitrogens with two attached hydrogens (primary N) is 1. The van der Waals surface area contributed by atoms with Crippen LogP contribution in [0, 0.1) is 0 Å². The van der Waals surface area contributed by atoms with Crippen LogP contribution in [0.1, 0.15) is 15.9 Å². The summed E-state index contributed by atoms with van der Waals surface area (Å²) in [7, 11) is -4.30. The molecule has 0 fully saturated rings. The highest BCUT2D eigenvalue weighted by Crippen LogP contribution is 2.37. The van der Waals surface area contributed by atoms with Crippen LogP contribution in [-0.2, 0) is 11.0 Å². The number of benzene rings is 1. The van der Waals surface area contributed by atoms with Crippen molar-refractivity contribution >= 4 is 13.5 Å². The van der Waals surface area contributed by atoms with E-state index in [1.54, 1.807) is 18.2 Å². The zero-order valence-electron chi connectivity index (χ0n) is 12.3. The summed E-state index contributed by atoms with van der Waals surface area (Å²) in [5, 5.41) is 0. The van der Waals surface area contributed by atoms with E-state index in [4.69, 9.17) is 20.3 Å².